The number of aromatic amines is 2. The minimum absolute atomic E-state index is 0.274. The van der Waals surface area contributed by atoms with E-state index in [1.165, 1.54) is 15.9 Å². The molecule has 5 rings (SSSR count). The number of likely N-dealkylation sites (N-methyl/N-ethyl adjacent to an activating group) is 2. The second-order valence-corrected chi connectivity index (χ2v) is 10.8. The van der Waals surface area contributed by atoms with Crippen LogP contribution in [0.25, 0.3) is 21.8 Å². The molecule has 2 heterocycles. The van der Waals surface area contributed by atoms with Crippen LogP contribution in [0.15, 0.2) is 73.1 Å². The topological polar surface area (TPSA) is 93.1 Å². The first-order valence-electron chi connectivity index (χ1n) is 13.6. The Morgan fingerprint density at radius 1 is 0.650 bits per heavy atom. The summed E-state index contributed by atoms with van der Waals surface area (Å²) in [6, 6.07) is 17.7. The maximum absolute atomic E-state index is 13.2. The summed E-state index contributed by atoms with van der Waals surface area (Å²) in [5.74, 6) is -0.0825. The van der Waals surface area contributed by atoms with Crippen molar-refractivity contribution in [2.45, 2.75) is 12.8 Å². The Kier molecular flexibility index (Phi) is 8.00. The minimum atomic E-state index is -0.534. The van der Waals surface area contributed by atoms with Crippen LogP contribution >= 0.6 is 0 Å². The zero-order valence-electron chi connectivity index (χ0n) is 23.4. The first-order valence-corrected chi connectivity index (χ1v) is 13.6. The molecule has 0 spiro atoms. The van der Waals surface area contributed by atoms with Crippen LogP contribution in [0.5, 0.6) is 11.5 Å². The van der Waals surface area contributed by atoms with Crippen molar-refractivity contribution in [3.63, 3.8) is 0 Å². The van der Waals surface area contributed by atoms with Crippen LogP contribution in [0.1, 0.15) is 31.8 Å². The number of rotatable bonds is 10. The molecule has 0 saturated heterocycles. The summed E-state index contributed by atoms with van der Waals surface area (Å²) in [4.78, 5) is 35.6. The monoisotopic (exact) mass is 540 g/mol. The number of carbonyl (C=O) groups is 2. The van der Waals surface area contributed by atoms with Gasteiger partial charge in [0, 0.05) is 47.0 Å². The zero-order chi connectivity index (χ0) is 28.2. The Bertz CT molecular complexity index is 1550. The van der Waals surface area contributed by atoms with E-state index < -0.39 is 11.9 Å². The van der Waals surface area contributed by atoms with Crippen molar-refractivity contribution in [2.24, 2.45) is 0 Å². The third kappa shape index (κ3) is 5.93. The molecule has 8 nitrogen and oxygen atoms in total. The van der Waals surface area contributed by atoms with E-state index in [0.29, 0.717) is 11.5 Å². The molecule has 0 unspecified atom stereocenters. The molecule has 5 aromatic rings. The number of fused-ring (bicyclic) bond motifs is 2. The van der Waals surface area contributed by atoms with E-state index in [9.17, 15) is 9.59 Å². The van der Waals surface area contributed by atoms with E-state index in [-0.39, 0.29) is 11.1 Å². The Labute approximate surface area is 233 Å². The number of hydrogen-bond donors (Lipinski definition) is 4. The van der Waals surface area contributed by atoms with Crippen molar-refractivity contribution >= 4 is 33.7 Å². The lowest BCUT2D eigenvalue weighted by molar-refractivity contribution is -0.858. The molecule has 0 radical (unpaired) electrons. The molecule has 4 N–H and O–H groups in total. The molecule has 40 heavy (non-hydrogen) atoms. The quantitative estimate of drug-likeness (QED) is 0.162. The lowest BCUT2D eigenvalue weighted by atomic mass is 10.1. The predicted molar refractivity (Wildman–Crippen MR) is 156 cm³/mol. The molecule has 0 bridgehead atoms. The van der Waals surface area contributed by atoms with Gasteiger partial charge in [0.1, 0.15) is 11.5 Å². The number of H-pyrrole nitrogens is 2. The average molecular weight is 541 g/mol. The van der Waals surface area contributed by atoms with Crippen LogP contribution in [-0.2, 0) is 12.8 Å². The number of carbonyl (C=O) groups excluding carboxylic acids is 2. The molecule has 0 aliphatic heterocycles. The normalized spacial score (nSPS) is 11.6. The van der Waals surface area contributed by atoms with Gasteiger partial charge in [0.05, 0.1) is 52.4 Å². The molecule has 0 saturated carbocycles. The largest absolute Gasteiger partial charge is 0.422 e. The van der Waals surface area contributed by atoms with Crippen LogP contribution in [0, 0.1) is 0 Å². The van der Waals surface area contributed by atoms with E-state index in [1.54, 1.807) is 30.3 Å². The van der Waals surface area contributed by atoms with Gasteiger partial charge in [-0.15, -0.1) is 0 Å². The summed E-state index contributed by atoms with van der Waals surface area (Å²) < 4.78 is 11.7. The SMILES string of the molecule is C[NH+](C)CCc1c[nH]c2cccc(OC(=O)c3cccc(C(=O)Oc4cccc5[nH]cc(CC[NH+](C)C)c45)c3)c12. The lowest BCUT2D eigenvalue weighted by Gasteiger charge is -2.11. The fraction of sp³-hybridized carbons (Fsp3) is 0.250. The summed E-state index contributed by atoms with van der Waals surface area (Å²) >= 11 is 0. The van der Waals surface area contributed by atoms with Gasteiger partial charge in [-0.05, 0) is 53.6 Å². The lowest BCUT2D eigenvalue weighted by Crippen LogP contribution is -3.05. The first kappa shape index (κ1) is 27.2. The van der Waals surface area contributed by atoms with Gasteiger partial charge in [0.2, 0.25) is 0 Å². The molecule has 0 aliphatic carbocycles. The number of ether oxygens (including phenoxy) is 2. The Morgan fingerprint density at radius 3 is 1.50 bits per heavy atom. The smallest absolute Gasteiger partial charge is 0.343 e. The fourth-order valence-electron chi connectivity index (χ4n) is 4.86. The van der Waals surface area contributed by atoms with E-state index in [0.717, 1.165) is 58.9 Å². The van der Waals surface area contributed by atoms with Gasteiger partial charge < -0.3 is 29.2 Å². The summed E-state index contributed by atoms with van der Waals surface area (Å²) in [6.07, 6.45) is 5.65. The van der Waals surface area contributed by atoms with Crippen molar-refractivity contribution in [1.82, 2.24) is 9.97 Å². The van der Waals surface area contributed by atoms with Crippen LogP contribution in [0.2, 0.25) is 0 Å². The van der Waals surface area contributed by atoms with Crippen molar-refractivity contribution in [3.8, 4) is 11.5 Å². The van der Waals surface area contributed by atoms with Crippen molar-refractivity contribution in [2.75, 3.05) is 41.3 Å². The number of quaternary nitrogens is 2. The van der Waals surface area contributed by atoms with Gasteiger partial charge >= 0.3 is 11.9 Å². The number of nitrogens with one attached hydrogen (secondary N) is 4. The van der Waals surface area contributed by atoms with E-state index in [2.05, 4.69) is 38.2 Å². The van der Waals surface area contributed by atoms with E-state index in [1.807, 2.05) is 36.7 Å². The van der Waals surface area contributed by atoms with Crippen LogP contribution < -0.4 is 19.3 Å². The molecule has 3 aromatic carbocycles. The summed E-state index contributed by atoms with van der Waals surface area (Å²) in [5, 5.41) is 1.80. The molecular weight excluding hydrogens is 504 g/mol. The fourth-order valence-corrected chi connectivity index (χ4v) is 4.86. The summed E-state index contributed by atoms with van der Waals surface area (Å²) in [5.41, 5.74) is 4.57. The highest BCUT2D eigenvalue weighted by molar-refractivity contribution is 6.00. The molecule has 0 amide bonds. The second kappa shape index (κ2) is 11.8. The highest BCUT2D eigenvalue weighted by Gasteiger charge is 2.19. The maximum Gasteiger partial charge on any atom is 0.343 e. The van der Waals surface area contributed by atoms with Crippen LogP contribution in [-0.4, -0.2) is 63.2 Å². The van der Waals surface area contributed by atoms with Gasteiger partial charge in [0.15, 0.2) is 0 Å². The first-order chi connectivity index (χ1) is 19.3. The average Bonchev–Trinajstić information content (AvgIpc) is 3.56. The third-order valence-electron chi connectivity index (χ3n) is 7.03. The standard InChI is InChI=1S/C32H34N4O4/c1-35(2)16-14-23-19-33-25-10-6-12-27(29(23)25)39-31(37)21-8-5-9-22(18-21)32(38)40-28-13-7-11-26-30(28)24(20-34-26)15-17-36(3)4/h5-13,18-20,33-34H,14-17H2,1-4H3/p+2. The minimum Gasteiger partial charge on any atom is -0.422 e. The van der Waals surface area contributed by atoms with Gasteiger partial charge in [-0.2, -0.15) is 0 Å². The summed E-state index contributed by atoms with van der Waals surface area (Å²) in [6.45, 7) is 1.90. The molecule has 2 aromatic heterocycles. The highest BCUT2D eigenvalue weighted by atomic mass is 16.5. The van der Waals surface area contributed by atoms with Gasteiger partial charge in [-0.25, -0.2) is 9.59 Å². The number of hydrogen-bond acceptors (Lipinski definition) is 4. The van der Waals surface area contributed by atoms with E-state index in [4.69, 9.17) is 9.47 Å². The Hall–Kier alpha value is -4.40. The van der Waals surface area contributed by atoms with Gasteiger partial charge in [-0.1, -0.05) is 18.2 Å². The third-order valence-corrected chi connectivity index (χ3v) is 7.03. The van der Waals surface area contributed by atoms with Crippen LogP contribution in [0.3, 0.4) is 0 Å². The maximum atomic E-state index is 13.2. The molecule has 0 fully saturated rings. The number of benzene rings is 3. The predicted octanol–water partition coefficient (Wildman–Crippen LogP) is 2.46. The zero-order valence-corrected chi connectivity index (χ0v) is 23.4. The van der Waals surface area contributed by atoms with Crippen molar-refractivity contribution < 1.29 is 28.9 Å². The number of esters is 2. The molecular formula is C32H36N4O4+2. The van der Waals surface area contributed by atoms with E-state index >= 15 is 0 Å². The Morgan fingerprint density at radius 2 is 1.07 bits per heavy atom. The highest BCUT2D eigenvalue weighted by Crippen LogP contribution is 2.31. The molecule has 0 aliphatic rings. The van der Waals surface area contributed by atoms with Crippen LogP contribution in [0.4, 0.5) is 0 Å². The van der Waals surface area contributed by atoms with Crippen molar-refractivity contribution in [3.05, 3.63) is 95.3 Å². The number of aromatic nitrogens is 2. The van der Waals surface area contributed by atoms with Crippen molar-refractivity contribution in [1.29, 1.82) is 0 Å². The molecule has 0 atom stereocenters. The second-order valence-electron chi connectivity index (χ2n) is 10.8. The van der Waals surface area contributed by atoms with Gasteiger partial charge in [0.25, 0.3) is 0 Å². The molecule has 206 valence electrons. The van der Waals surface area contributed by atoms with Gasteiger partial charge in [-0.3, -0.25) is 0 Å². The Balaban J connectivity index is 1.36. The molecule has 8 heteroatoms. The summed E-state index contributed by atoms with van der Waals surface area (Å²) in [7, 11) is 8.43.